The Morgan fingerprint density at radius 1 is 1.03 bits per heavy atom. The lowest BCUT2D eigenvalue weighted by Crippen LogP contribution is -2.30. The molecular weight excluding hydrogens is 404 g/mol. The molecule has 2 aromatic heterocycles. The molecule has 7 heteroatoms. The summed E-state index contributed by atoms with van der Waals surface area (Å²) >= 11 is 0. The van der Waals surface area contributed by atoms with Gasteiger partial charge in [0.2, 0.25) is 5.91 Å². The van der Waals surface area contributed by atoms with Gasteiger partial charge in [0.05, 0.1) is 23.3 Å². The third kappa shape index (κ3) is 5.06. The van der Waals surface area contributed by atoms with Gasteiger partial charge in [-0.3, -0.25) is 9.59 Å². The van der Waals surface area contributed by atoms with Crippen molar-refractivity contribution in [1.29, 1.82) is 0 Å². The molecule has 0 spiro atoms. The summed E-state index contributed by atoms with van der Waals surface area (Å²) in [5, 5.41) is 5.91. The van der Waals surface area contributed by atoms with Crippen LogP contribution < -0.4 is 10.6 Å². The largest absolute Gasteiger partial charge is 0.459 e. The fourth-order valence-corrected chi connectivity index (χ4v) is 3.69. The molecule has 2 amide bonds. The van der Waals surface area contributed by atoms with Gasteiger partial charge >= 0.3 is 0 Å². The van der Waals surface area contributed by atoms with E-state index in [0.717, 1.165) is 22.4 Å². The number of carbonyl (C=O) groups is 2. The van der Waals surface area contributed by atoms with E-state index in [1.807, 2.05) is 66.1 Å². The van der Waals surface area contributed by atoms with Gasteiger partial charge in [0.1, 0.15) is 12.4 Å². The van der Waals surface area contributed by atoms with Crippen molar-refractivity contribution >= 4 is 22.8 Å². The summed E-state index contributed by atoms with van der Waals surface area (Å²) in [4.78, 5) is 29.5. The molecule has 32 heavy (non-hydrogen) atoms. The number of aryl methyl sites for hydroxylation is 1. The second kappa shape index (κ2) is 9.96. The molecule has 1 unspecified atom stereocenters. The number of fused-ring (bicyclic) bond motifs is 1. The topological polar surface area (TPSA) is 89.2 Å². The van der Waals surface area contributed by atoms with E-state index in [4.69, 9.17) is 9.40 Å². The molecule has 0 aliphatic heterocycles. The van der Waals surface area contributed by atoms with Gasteiger partial charge in [-0.1, -0.05) is 42.5 Å². The van der Waals surface area contributed by atoms with Crippen LogP contribution in [0, 0.1) is 0 Å². The highest BCUT2D eigenvalue weighted by Gasteiger charge is 2.16. The molecule has 4 aromatic rings. The van der Waals surface area contributed by atoms with Gasteiger partial charge in [0.15, 0.2) is 5.76 Å². The third-order valence-corrected chi connectivity index (χ3v) is 5.32. The lowest BCUT2D eigenvalue weighted by atomic mass is 10.1. The van der Waals surface area contributed by atoms with E-state index in [0.29, 0.717) is 25.1 Å². The number of aromatic nitrogens is 2. The second-order valence-corrected chi connectivity index (χ2v) is 7.64. The minimum Gasteiger partial charge on any atom is -0.459 e. The summed E-state index contributed by atoms with van der Waals surface area (Å²) in [6.07, 6.45) is 2.80. The molecular formula is C25H26N4O3. The number of imidazole rings is 1. The van der Waals surface area contributed by atoms with Gasteiger partial charge in [0, 0.05) is 13.0 Å². The highest BCUT2D eigenvalue weighted by molar-refractivity contribution is 5.91. The molecule has 0 radical (unpaired) electrons. The molecule has 4 rings (SSSR count). The molecule has 0 aliphatic rings. The number of benzene rings is 2. The molecule has 2 N–H and O–H groups in total. The lowest BCUT2D eigenvalue weighted by Gasteiger charge is -2.16. The van der Waals surface area contributed by atoms with Gasteiger partial charge in [-0.05, 0) is 43.2 Å². The Labute approximate surface area is 186 Å². The normalized spacial score (nSPS) is 11.9. The van der Waals surface area contributed by atoms with E-state index in [2.05, 4.69) is 10.6 Å². The first-order chi connectivity index (χ1) is 15.6. The summed E-state index contributed by atoms with van der Waals surface area (Å²) < 4.78 is 7.06. The van der Waals surface area contributed by atoms with Crippen LogP contribution in [0.4, 0.5) is 0 Å². The van der Waals surface area contributed by atoms with Gasteiger partial charge in [-0.25, -0.2) is 4.98 Å². The van der Waals surface area contributed by atoms with Crippen molar-refractivity contribution in [3.8, 4) is 0 Å². The van der Waals surface area contributed by atoms with E-state index in [9.17, 15) is 9.59 Å². The number of para-hydroxylation sites is 2. The summed E-state index contributed by atoms with van der Waals surface area (Å²) in [5.74, 6) is 0.803. The maximum atomic E-state index is 12.8. The summed E-state index contributed by atoms with van der Waals surface area (Å²) in [6.45, 7) is 2.65. The zero-order valence-electron chi connectivity index (χ0n) is 18.0. The van der Waals surface area contributed by atoms with Crippen LogP contribution in [0.2, 0.25) is 0 Å². The van der Waals surface area contributed by atoms with Gasteiger partial charge in [-0.15, -0.1) is 0 Å². The van der Waals surface area contributed by atoms with Crippen LogP contribution in [-0.2, 0) is 17.8 Å². The van der Waals surface area contributed by atoms with Crippen molar-refractivity contribution in [2.45, 2.75) is 32.4 Å². The summed E-state index contributed by atoms with van der Waals surface area (Å²) in [7, 11) is 0. The van der Waals surface area contributed by atoms with Crippen molar-refractivity contribution in [1.82, 2.24) is 20.2 Å². The van der Waals surface area contributed by atoms with Crippen LogP contribution in [0.3, 0.4) is 0 Å². The Hall–Kier alpha value is -3.87. The van der Waals surface area contributed by atoms with Crippen LogP contribution in [-0.4, -0.2) is 27.9 Å². The van der Waals surface area contributed by atoms with Crippen LogP contribution in [0.15, 0.2) is 77.4 Å². The predicted octanol–water partition coefficient (Wildman–Crippen LogP) is 3.87. The average Bonchev–Trinajstić information content (AvgIpc) is 3.46. The molecule has 2 aromatic carbocycles. The number of carbonyl (C=O) groups excluding carboxylic acids is 2. The SMILES string of the molecule is CC(NC(=O)Cn1c(CCCNC(=O)c2ccco2)nc2ccccc21)c1ccccc1. The fourth-order valence-electron chi connectivity index (χ4n) is 3.69. The zero-order chi connectivity index (χ0) is 22.3. The standard InChI is InChI=1S/C25H26N4O3/c1-18(19-9-3-2-4-10-19)27-24(30)17-29-21-12-6-5-11-20(21)28-23(29)14-7-15-26-25(31)22-13-8-16-32-22/h2-6,8-13,16,18H,7,14-15,17H2,1H3,(H,26,31)(H,27,30). The van der Waals surface area contributed by atoms with Gasteiger partial charge in [0.25, 0.3) is 5.91 Å². The van der Waals surface area contributed by atoms with Crippen molar-refractivity contribution < 1.29 is 14.0 Å². The number of rotatable bonds is 9. The molecule has 164 valence electrons. The molecule has 2 heterocycles. The Morgan fingerprint density at radius 3 is 2.59 bits per heavy atom. The van der Waals surface area contributed by atoms with Crippen LogP contribution in [0.1, 0.15) is 41.3 Å². The highest BCUT2D eigenvalue weighted by atomic mass is 16.3. The summed E-state index contributed by atoms with van der Waals surface area (Å²) in [6, 6.07) is 20.9. The lowest BCUT2D eigenvalue weighted by molar-refractivity contribution is -0.122. The number of furan rings is 1. The van der Waals surface area contributed by atoms with Crippen molar-refractivity contribution in [3.05, 3.63) is 90.1 Å². The van der Waals surface area contributed by atoms with Crippen molar-refractivity contribution in [2.24, 2.45) is 0 Å². The van der Waals surface area contributed by atoms with Crippen molar-refractivity contribution in [2.75, 3.05) is 6.54 Å². The number of amides is 2. The number of nitrogens with zero attached hydrogens (tertiary/aromatic N) is 2. The van der Waals surface area contributed by atoms with E-state index in [1.54, 1.807) is 12.1 Å². The maximum absolute atomic E-state index is 12.8. The molecule has 0 bridgehead atoms. The second-order valence-electron chi connectivity index (χ2n) is 7.64. The number of hydrogen-bond donors (Lipinski definition) is 2. The van der Waals surface area contributed by atoms with Crippen LogP contribution >= 0.6 is 0 Å². The van der Waals surface area contributed by atoms with E-state index < -0.39 is 0 Å². The Balaban J connectivity index is 1.40. The monoisotopic (exact) mass is 430 g/mol. The molecule has 0 saturated carbocycles. The number of nitrogens with one attached hydrogen (secondary N) is 2. The van der Waals surface area contributed by atoms with Crippen molar-refractivity contribution in [3.63, 3.8) is 0 Å². The molecule has 0 fully saturated rings. The smallest absolute Gasteiger partial charge is 0.286 e. The summed E-state index contributed by atoms with van der Waals surface area (Å²) in [5.41, 5.74) is 2.83. The maximum Gasteiger partial charge on any atom is 0.286 e. The number of hydrogen-bond acceptors (Lipinski definition) is 4. The molecule has 0 aliphatic carbocycles. The minimum atomic E-state index is -0.238. The van der Waals surface area contributed by atoms with Gasteiger partial charge < -0.3 is 19.6 Å². The third-order valence-electron chi connectivity index (χ3n) is 5.32. The molecule has 7 nitrogen and oxygen atoms in total. The fraction of sp³-hybridized carbons (Fsp3) is 0.240. The van der Waals surface area contributed by atoms with E-state index in [1.165, 1.54) is 6.26 Å². The predicted molar refractivity (Wildman–Crippen MR) is 122 cm³/mol. The minimum absolute atomic E-state index is 0.0723. The first kappa shape index (κ1) is 21.4. The Morgan fingerprint density at radius 2 is 1.81 bits per heavy atom. The Bertz CT molecular complexity index is 1180. The van der Waals surface area contributed by atoms with Gasteiger partial charge in [-0.2, -0.15) is 0 Å². The average molecular weight is 431 g/mol. The van der Waals surface area contributed by atoms with E-state index >= 15 is 0 Å². The first-order valence-electron chi connectivity index (χ1n) is 10.7. The van der Waals surface area contributed by atoms with Crippen LogP contribution in [0.25, 0.3) is 11.0 Å². The highest BCUT2D eigenvalue weighted by Crippen LogP contribution is 2.18. The Kier molecular flexibility index (Phi) is 6.65. The zero-order valence-corrected chi connectivity index (χ0v) is 18.0. The molecule has 1 atom stereocenters. The van der Waals surface area contributed by atoms with Crippen LogP contribution in [0.5, 0.6) is 0 Å². The quantitative estimate of drug-likeness (QED) is 0.395. The molecule has 0 saturated heterocycles. The first-order valence-corrected chi connectivity index (χ1v) is 10.7. The van der Waals surface area contributed by atoms with E-state index in [-0.39, 0.29) is 24.4 Å².